The molecule has 30 heavy (non-hydrogen) atoms. The lowest BCUT2D eigenvalue weighted by atomic mass is 9.82. The molecule has 1 unspecified atom stereocenters. The first-order chi connectivity index (χ1) is 14.6. The van der Waals surface area contributed by atoms with Gasteiger partial charge >= 0.3 is 0 Å². The minimum Gasteiger partial charge on any atom is -0.420 e. The van der Waals surface area contributed by atoms with Crippen molar-refractivity contribution in [1.82, 2.24) is 10.2 Å². The number of allylic oxidation sites excluding steroid dienone is 1. The third-order valence-electron chi connectivity index (χ3n) is 5.29. The molecule has 5 nitrogen and oxygen atoms in total. The van der Waals surface area contributed by atoms with Crippen LogP contribution in [0.25, 0.3) is 22.0 Å². The number of hydrogen-bond acceptors (Lipinski definition) is 4. The predicted molar refractivity (Wildman–Crippen MR) is 112 cm³/mol. The van der Waals surface area contributed by atoms with Crippen LogP contribution in [0.15, 0.2) is 72.1 Å². The minimum atomic E-state index is -0.861. The van der Waals surface area contributed by atoms with Crippen molar-refractivity contribution in [3.8, 4) is 23.2 Å². The minimum absolute atomic E-state index is 0.0809. The molecular formula is C23H14ClFN4O. The van der Waals surface area contributed by atoms with Crippen LogP contribution in [0.3, 0.4) is 0 Å². The number of nitrogens with one attached hydrogen (secondary N) is 1. The summed E-state index contributed by atoms with van der Waals surface area (Å²) in [6, 6.07) is 20.2. The van der Waals surface area contributed by atoms with Crippen LogP contribution in [0.1, 0.15) is 17.0 Å². The topological polar surface area (TPSA) is 87.7 Å². The fraction of sp³-hybridized carbons (Fsp3) is 0.0435. The van der Waals surface area contributed by atoms with Crippen molar-refractivity contribution in [2.24, 2.45) is 5.73 Å². The Labute approximate surface area is 176 Å². The molecule has 1 atom stereocenters. The molecular weight excluding hydrogens is 403 g/mol. The van der Waals surface area contributed by atoms with E-state index in [1.807, 2.05) is 42.5 Å². The van der Waals surface area contributed by atoms with Gasteiger partial charge in [-0.15, -0.1) is 5.10 Å². The van der Waals surface area contributed by atoms with Crippen molar-refractivity contribution in [3.63, 3.8) is 0 Å². The van der Waals surface area contributed by atoms with Crippen LogP contribution in [-0.2, 0) is 0 Å². The van der Waals surface area contributed by atoms with E-state index < -0.39 is 11.7 Å². The lowest BCUT2D eigenvalue weighted by molar-refractivity contribution is 0.378. The second-order valence-corrected chi connectivity index (χ2v) is 7.31. The summed E-state index contributed by atoms with van der Waals surface area (Å²) in [4.78, 5) is 0. The average Bonchev–Trinajstić information content (AvgIpc) is 3.16. The zero-order valence-electron chi connectivity index (χ0n) is 15.5. The summed E-state index contributed by atoms with van der Waals surface area (Å²) in [6.07, 6.45) is 0. The third kappa shape index (κ3) is 2.64. The lowest BCUT2D eigenvalue weighted by Gasteiger charge is -2.25. The number of nitriles is 1. The molecule has 4 aromatic rings. The number of H-pyrrole nitrogens is 1. The molecule has 0 saturated carbocycles. The van der Waals surface area contributed by atoms with Gasteiger partial charge in [-0.05, 0) is 22.9 Å². The van der Waals surface area contributed by atoms with E-state index in [1.54, 1.807) is 6.07 Å². The first-order valence-corrected chi connectivity index (χ1v) is 9.56. The molecule has 5 rings (SSSR count). The van der Waals surface area contributed by atoms with Gasteiger partial charge in [0.2, 0.25) is 11.8 Å². The van der Waals surface area contributed by atoms with E-state index in [0.717, 1.165) is 16.3 Å². The van der Waals surface area contributed by atoms with Gasteiger partial charge in [0.1, 0.15) is 17.5 Å². The molecule has 1 aromatic heterocycles. The van der Waals surface area contributed by atoms with E-state index in [9.17, 15) is 9.65 Å². The standard InChI is InChI=1S/C23H14ClFN4O/c24-16-9-4-10-17(25)19(16)18-15(11-26)22(27)30-23-20(18)21(28-29-23)14-8-3-6-12-5-1-2-7-13(12)14/h1-10,18H,27H2,(H,28,29). The summed E-state index contributed by atoms with van der Waals surface area (Å²) >= 11 is 6.38. The number of aromatic amines is 1. The summed E-state index contributed by atoms with van der Waals surface area (Å²) in [7, 11) is 0. The number of rotatable bonds is 2. The number of fused-ring (bicyclic) bond motifs is 2. The van der Waals surface area contributed by atoms with Gasteiger partial charge in [-0.3, -0.25) is 5.10 Å². The maximum absolute atomic E-state index is 14.9. The summed E-state index contributed by atoms with van der Waals surface area (Å²) in [5.41, 5.74) is 8.21. The van der Waals surface area contributed by atoms with E-state index in [2.05, 4.69) is 16.3 Å². The zero-order chi connectivity index (χ0) is 20.8. The maximum Gasteiger partial charge on any atom is 0.244 e. The van der Waals surface area contributed by atoms with Crippen LogP contribution in [0, 0.1) is 17.1 Å². The molecule has 1 aliphatic heterocycles. The summed E-state index contributed by atoms with van der Waals surface area (Å²) < 4.78 is 20.5. The van der Waals surface area contributed by atoms with Crippen LogP contribution < -0.4 is 10.5 Å². The summed E-state index contributed by atoms with van der Waals surface area (Å²) in [5.74, 6) is -1.32. The lowest BCUT2D eigenvalue weighted by Crippen LogP contribution is -2.21. The van der Waals surface area contributed by atoms with Gasteiger partial charge in [0.15, 0.2) is 0 Å². The van der Waals surface area contributed by atoms with Crippen molar-refractivity contribution in [3.05, 3.63) is 94.1 Å². The Morgan fingerprint density at radius 2 is 1.83 bits per heavy atom. The first kappa shape index (κ1) is 18.2. The van der Waals surface area contributed by atoms with Crippen LogP contribution in [0.5, 0.6) is 5.88 Å². The van der Waals surface area contributed by atoms with Crippen molar-refractivity contribution in [1.29, 1.82) is 5.26 Å². The molecule has 0 fully saturated rings. The summed E-state index contributed by atoms with van der Waals surface area (Å²) in [6.45, 7) is 0. The molecule has 0 aliphatic carbocycles. The van der Waals surface area contributed by atoms with Gasteiger partial charge < -0.3 is 10.5 Å². The van der Waals surface area contributed by atoms with Gasteiger partial charge in [-0.1, -0.05) is 60.1 Å². The van der Waals surface area contributed by atoms with E-state index in [0.29, 0.717) is 11.3 Å². The zero-order valence-corrected chi connectivity index (χ0v) is 16.2. The number of nitrogens with two attached hydrogens (primary N) is 1. The fourth-order valence-electron chi connectivity index (χ4n) is 3.97. The van der Waals surface area contributed by atoms with Crippen molar-refractivity contribution in [2.75, 3.05) is 0 Å². The Hall–Kier alpha value is -3.82. The molecule has 0 saturated heterocycles. The normalized spacial score (nSPS) is 15.6. The van der Waals surface area contributed by atoms with Crippen LogP contribution in [-0.4, -0.2) is 10.2 Å². The third-order valence-corrected chi connectivity index (χ3v) is 5.62. The van der Waals surface area contributed by atoms with Crippen molar-refractivity contribution in [2.45, 2.75) is 5.92 Å². The Morgan fingerprint density at radius 1 is 1.07 bits per heavy atom. The van der Waals surface area contributed by atoms with Gasteiger partial charge in [0, 0.05) is 16.1 Å². The number of hydrogen-bond donors (Lipinski definition) is 2. The molecule has 3 N–H and O–H groups in total. The molecule has 0 bridgehead atoms. The van der Waals surface area contributed by atoms with E-state index >= 15 is 0 Å². The smallest absolute Gasteiger partial charge is 0.244 e. The average molecular weight is 417 g/mol. The molecule has 7 heteroatoms. The highest BCUT2D eigenvalue weighted by Crippen LogP contribution is 2.48. The van der Waals surface area contributed by atoms with E-state index in [4.69, 9.17) is 22.1 Å². The largest absolute Gasteiger partial charge is 0.420 e. The molecule has 146 valence electrons. The second-order valence-electron chi connectivity index (χ2n) is 6.90. The number of halogens is 2. The molecule has 3 aromatic carbocycles. The van der Waals surface area contributed by atoms with E-state index in [1.165, 1.54) is 12.1 Å². The number of benzene rings is 3. The van der Waals surface area contributed by atoms with Gasteiger partial charge in [-0.25, -0.2) is 4.39 Å². The highest BCUT2D eigenvalue weighted by molar-refractivity contribution is 6.31. The van der Waals surface area contributed by atoms with Crippen molar-refractivity contribution < 1.29 is 9.13 Å². The SMILES string of the molecule is N#CC1=C(N)Oc2n[nH]c(-c3cccc4ccccc34)c2C1c1c(F)cccc1Cl. The Bertz CT molecular complexity index is 1360. The van der Waals surface area contributed by atoms with Gasteiger partial charge in [0.25, 0.3) is 0 Å². The second kappa shape index (κ2) is 6.90. The highest BCUT2D eigenvalue weighted by atomic mass is 35.5. The highest BCUT2D eigenvalue weighted by Gasteiger charge is 2.38. The van der Waals surface area contributed by atoms with Gasteiger partial charge in [-0.2, -0.15) is 5.26 Å². The monoisotopic (exact) mass is 416 g/mol. The predicted octanol–water partition coefficient (Wildman–Crippen LogP) is 5.24. The van der Waals surface area contributed by atoms with Crippen LogP contribution >= 0.6 is 11.6 Å². The quantitative estimate of drug-likeness (QED) is 0.467. The van der Waals surface area contributed by atoms with Crippen molar-refractivity contribution >= 4 is 22.4 Å². The number of aromatic nitrogens is 2. The van der Waals surface area contributed by atoms with E-state index in [-0.39, 0.29) is 27.9 Å². The molecule has 2 heterocycles. The maximum atomic E-state index is 14.9. The molecule has 0 radical (unpaired) electrons. The Balaban J connectivity index is 1.84. The van der Waals surface area contributed by atoms with Gasteiger partial charge in [0.05, 0.1) is 17.2 Å². The molecule has 1 aliphatic rings. The van der Waals surface area contributed by atoms with Crippen LogP contribution in [0.4, 0.5) is 4.39 Å². The number of ether oxygens (including phenoxy) is 1. The first-order valence-electron chi connectivity index (χ1n) is 9.18. The Kier molecular flexibility index (Phi) is 4.19. The fourth-order valence-corrected chi connectivity index (χ4v) is 4.24. The van der Waals surface area contributed by atoms with Crippen LogP contribution in [0.2, 0.25) is 5.02 Å². The number of nitrogens with zero attached hydrogens (tertiary/aromatic N) is 2. The Morgan fingerprint density at radius 3 is 2.63 bits per heavy atom. The summed E-state index contributed by atoms with van der Waals surface area (Å²) in [5, 5.41) is 19.3. The molecule has 0 amide bonds. The molecule has 0 spiro atoms.